The number of anilines is 1. The molecule has 1 atom stereocenters. The Balaban J connectivity index is 1.90. The number of hydrogen-bond acceptors (Lipinski definition) is 4. The van der Waals surface area contributed by atoms with Crippen LogP contribution in [0.25, 0.3) is 0 Å². The summed E-state index contributed by atoms with van der Waals surface area (Å²) in [6.45, 7) is 5.47. The van der Waals surface area contributed by atoms with Crippen molar-refractivity contribution in [2.75, 3.05) is 38.6 Å². The van der Waals surface area contributed by atoms with Crippen LogP contribution in [0.5, 0.6) is 0 Å². The SMILES string of the molecule is CC[C@H](O)c1ccc(N(C)CC2CCN(C)CC2)cn1. The quantitative estimate of drug-likeness (QED) is 0.896. The lowest BCUT2D eigenvalue weighted by atomic mass is 9.96. The lowest BCUT2D eigenvalue weighted by Crippen LogP contribution is -2.35. The highest BCUT2D eigenvalue weighted by Gasteiger charge is 2.18. The summed E-state index contributed by atoms with van der Waals surface area (Å²) in [6, 6.07) is 4.00. The van der Waals surface area contributed by atoms with Gasteiger partial charge < -0.3 is 14.9 Å². The number of likely N-dealkylation sites (tertiary alicyclic amines) is 1. The number of aromatic nitrogens is 1. The van der Waals surface area contributed by atoms with E-state index in [1.807, 2.05) is 19.2 Å². The molecule has 112 valence electrons. The summed E-state index contributed by atoms with van der Waals surface area (Å²) >= 11 is 0. The van der Waals surface area contributed by atoms with E-state index >= 15 is 0 Å². The first-order valence-electron chi connectivity index (χ1n) is 7.63. The maximum atomic E-state index is 9.76. The molecule has 0 aliphatic carbocycles. The van der Waals surface area contributed by atoms with Gasteiger partial charge in [-0.2, -0.15) is 0 Å². The van der Waals surface area contributed by atoms with Crippen LogP contribution in [0.1, 0.15) is 38.0 Å². The van der Waals surface area contributed by atoms with Crippen molar-refractivity contribution in [2.45, 2.75) is 32.3 Å². The normalized spacial score (nSPS) is 19.0. The predicted octanol–water partition coefficient (Wildman–Crippen LogP) is 2.30. The van der Waals surface area contributed by atoms with Crippen LogP contribution in [-0.4, -0.2) is 48.7 Å². The number of hydrogen-bond donors (Lipinski definition) is 1. The number of aliphatic hydroxyl groups excluding tert-OH is 1. The highest BCUT2D eigenvalue weighted by Crippen LogP contribution is 2.21. The molecule has 2 rings (SSSR count). The van der Waals surface area contributed by atoms with Crippen LogP contribution in [0.3, 0.4) is 0 Å². The van der Waals surface area contributed by atoms with E-state index in [1.165, 1.54) is 25.9 Å². The first kappa shape index (κ1) is 15.3. The zero-order chi connectivity index (χ0) is 14.5. The Kier molecular flexibility index (Phi) is 5.38. The molecule has 0 unspecified atom stereocenters. The fraction of sp³-hybridized carbons (Fsp3) is 0.688. The standard InChI is InChI=1S/C16H27N3O/c1-4-16(20)15-6-5-14(11-17-15)19(3)12-13-7-9-18(2)10-8-13/h5-6,11,13,16,20H,4,7-10,12H2,1-3H3/t16-/m0/s1. The van der Waals surface area contributed by atoms with Gasteiger partial charge in [0.1, 0.15) is 0 Å². The van der Waals surface area contributed by atoms with Gasteiger partial charge in [-0.15, -0.1) is 0 Å². The molecule has 4 nitrogen and oxygen atoms in total. The molecule has 0 saturated carbocycles. The highest BCUT2D eigenvalue weighted by molar-refractivity contribution is 5.43. The minimum Gasteiger partial charge on any atom is -0.387 e. The van der Waals surface area contributed by atoms with Crippen molar-refractivity contribution in [2.24, 2.45) is 5.92 Å². The maximum absolute atomic E-state index is 9.76. The molecule has 1 N–H and O–H groups in total. The molecule has 0 radical (unpaired) electrons. The average Bonchev–Trinajstić information content (AvgIpc) is 2.49. The number of pyridine rings is 1. The average molecular weight is 277 g/mol. The lowest BCUT2D eigenvalue weighted by molar-refractivity contribution is 0.169. The predicted molar refractivity (Wildman–Crippen MR) is 83.0 cm³/mol. The Morgan fingerprint density at radius 1 is 1.40 bits per heavy atom. The summed E-state index contributed by atoms with van der Waals surface area (Å²) < 4.78 is 0. The maximum Gasteiger partial charge on any atom is 0.0957 e. The van der Waals surface area contributed by atoms with Crippen molar-refractivity contribution in [3.05, 3.63) is 24.0 Å². The highest BCUT2D eigenvalue weighted by atomic mass is 16.3. The fourth-order valence-electron chi connectivity index (χ4n) is 2.77. The zero-order valence-corrected chi connectivity index (χ0v) is 12.9. The Bertz CT molecular complexity index is 399. The van der Waals surface area contributed by atoms with Crippen LogP contribution in [0.2, 0.25) is 0 Å². The molecule has 1 aliphatic rings. The van der Waals surface area contributed by atoms with E-state index in [2.05, 4.69) is 34.9 Å². The molecule has 0 amide bonds. The lowest BCUT2D eigenvalue weighted by Gasteiger charge is -2.32. The van der Waals surface area contributed by atoms with E-state index < -0.39 is 6.10 Å². The fourth-order valence-corrected chi connectivity index (χ4v) is 2.77. The van der Waals surface area contributed by atoms with Gasteiger partial charge in [0.25, 0.3) is 0 Å². The van der Waals surface area contributed by atoms with E-state index in [1.54, 1.807) is 0 Å². The summed E-state index contributed by atoms with van der Waals surface area (Å²) in [5.74, 6) is 0.775. The molecular weight excluding hydrogens is 250 g/mol. The molecule has 1 fully saturated rings. The van der Waals surface area contributed by atoms with Crippen molar-refractivity contribution in [3.63, 3.8) is 0 Å². The summed E-state index contributed by atoms with van der Waals surface area (Å²) in [5.41, 5.74) is 1.90. The first-order valence-corrected chi connectivity index (χ1v) is 7.63. The second kappa shape index (κ2) is 7.04. The molecule has 20 heavy (non-hydrogen) atoms. The molecule has 2 heterocycles. The Labute approximate surface area is 122 Å². The van der Waals surface area contributed by atoms with Gasteiger partial charge >= 0.3 is 0 Å². The van der Waals surface area contributed by atoms with Crippen molar-refractivity contribution in [1.82, 2.24) is 9.88 Å². The van der Waals surface area contributed by atoms with Gasteiger partial charge in [0.2, 0.25) is 0 Å². The van der Waals surface area contributed by atoms with Crippen molar-refractivity contribution in [3.8, 4) is 0 Å². The molecule has 1 aliphatic heterocycles. The van der Waals surface area contributed by atoms with Crippen LogP contribution in [0, 0.1) is 5.92 Å². The zero-order valence-electron chi connectivity index (χ0n) is 12.9. The largest absolute Gasteiger partial charge is 0.387 e. The van der Waals surface area contributed by atoms with Crippen LogP contribution < -0.4 is 4.90 Å². The van der Waals surface area contributed by atoms with E-state index in [0.29, 0.717) is 6.42 Å². The molecule has 1 aromatic heterocycles. The Morgan fingerprint density at radius 2 is 2.10 bits per heavy atom. The molecule has 1 aromatic rings. The Morgan fingerprint density at radius 3 is 2.65 bits per heavy atom. The molecule has 0 bridgehead atoms. The second-order valence-electron chi connectivity index (χ2n) is 5.99. The minimum absolute atomic E-state index is 0.441. The van der Waals surface area contributed by atoms with Crippen LogP contribution in [0.15, 0.2) is 18.3 Å². The number of nitrogens with zero attached hydrogens (tertiary/aromatic N) is 3. The smallest absolute Gasteiger partial charge is 0.0957 e. The van der Waals surface area contributed by atoms with Gasteiger partial charge in [-0.1, -0.05) is 6.92 Å². The van der Waals surface area contributed by atoms with Gasteiger partial charge in [0, 0.05) is 13.6 Å². The summed E-state index contributed by atoms with van der Waals surface area (Å²) in [7, 11) is 4.33. The third-order valence-corrected chi connectivity index (χ3v) is 4.31. The van der Waals surface area contributed by atoms with Gasteiger partial charge in [0.05, 0.1) is 23.7 Å². The third-order valence-electron chi connectivity index (χ3n) is 4.31. The number of piperidine rings is 1. The van der Waals surface area contributed by atoms with E-state index in [4.69, 9.17) is 0 Å². The number of rotatable bonds is 5. The number of aliphatic hydroxyl groups is 1. The van der Waals surface area contributed by atoms with Crippen LogP contribution >= 0.6 is 0 Å². The van der Waals surface area contributed by atoms with Gasteiger partial charge in [0.15, 0.2) is 0 Å². The molecule has 0 spiro atoms. The minimum atomic E-state index is -0.441. The molecule has 0 aromatic carbocycles. The molecule has 1 saturated heterocycles. The van der Waals surface area contributed by atoms with Crippen LogP contribution in [0.4, 0.5) is 5.69 Å². The topological polar surface area (TPSA) is 39.6 Å². The van der Waals surface area contributed by atoms with E-state index in [0.717, 1.165) is 23.8 Å². The third kappa shape index (κ3) is 3.93. The molecule has 4 heteroatoms. The monoisotopic (exact) mass is 277 g/mol. The first-order chi connectivity index (χ1) is 9.60. The van der Waals surface area contributed by atoms with E-state index in [-0.39, 0.29) is 0 Å². The summed E-state index contributed by atoms with van der Waals surface area (Å²) in [5, 5.41) is 9.76. The summed E-state index contributed by atoms with van der Waals surface area (Å²) in [4.78, 5) is 9.06. The summed E-state index contributed by atoms with van der Waals surface area (Å²) in [6.07, 6.45) is 4.70. The van der Waals surface area contributed by atoms with E-state index in [9.17, 15) is 5.11 Å². The van der Waals surface area contributed by atoms with Crippen molar-refractivity contribution in [1.29, 1.82) is 0 Å². The van der Waals surface area contributed by atoms with Crippen LogP contribution in [-0.2, 0) is 0 Å². The van der Waals surface area contributed by atoms with Gasteiger partial charge in [-0.3, -0.25) is 4.98 Å². The van der Waals surface area contributed by atoms with Gasteiger partial charge in [-0.25, -0.2) is 0 Å². The molecular formula is C16H27N3O. The van der Waals surface area contributed by atoms with Gasteiger partial charge in [-0.05, 0) is 57.5 Å². The second-order valence-corrected chi connectivity index (χ2v) is 5.99. The van der Waals surface area contributed by atoms with Crippen molar-refractivity contribution >= 4 is 5.69 Å². The Hall–Kier alpha value is -1.13. The van der Waals surface area contributed by atoms with Crippen molar-refractivity contribution < 1.29 is 5.11 Å².